The number of hydrogen-bond donors (Lipinski definition) is 2. The molecule has 1 fully saturated rings. The minimum absolute atomic E-state index is 0.0139. The van der Waals surface area contributed by atoms with Crippen LogP contribution in [0.2, 0.25) is 0 Å². The molecule has 1 unspecified atom stereocenters. The van der Waals surface area contributed by atoms with Gasteiger partial charge in [-0.25, -0.2) is 9.78 Å². The Morgan fingerprint density at radius 3 is 2.74 bits per heavy atom. The molecule has 1 aromatic rings. The molecule has 6 nitrogen and oxygen atoms in total. The van der Waals surface area contributed by atoms with Gasteiger partial charge in [0, 0.05) is 30.5 Å². The van der Waals surface area contributed by atoms with Crippen LogP contribution in [0.25, 0.3) is 0 Å². The highest BCUT2D eigenvalue weighted by Crippen LogP contribution is 2.40. The zero-order valence-corrected chi connectivity index (χ0v) is 10.8. The largest absolute Gasteiger partial charge is 0.493 e. The SMILES string of the molecule is CC1CN(C(=O)O)CCc2c(O)nc(C3CC3)nc21. The summed E-state index contributed by atoms with van der Waals surface area (Å²) in [7, 11) is 0. The van der Waals surface area contributed by atoms with Crippen LogP contribution >= 0.6 is 0 Å². The number of hydrogen-bond acceptors (Lipinski definition) is 4. The molecule has 1 atom stereocenters. The molecule has 2 heterocycles. The van der Waals surface area contributed by atoms with E-state index in [2.05, 4.69) is 9.97 Å². The van der Waals surface area contributed by atoms with Gasteiger partial charge in [-0.15, -0.1) is 0 Å². The standard InChI is InChI=1S/C13H17N3O3/c1-7-6-16(13(18)19)5-4-9-10(7)14-11(8-2-3-8)15-12(9)17/h7-8H,2-6H2,1H3,(H,18,19)(H,14,15,17). The van der Waals surface area contributed by atoms with Crippen LogP contribution in [-0.4, -0.2) is 44.3 Å². The molecule has 0 aromatic carbocycles. The van der Waals surface area contributed by atoms with Crippen molar-refractivity contribution in [3.63, 3.8) is 0 Å². The summed E-state index contributed by atoms with van der Waals surface area (Å²) < 4.78 is 0. The molecule has 6 heteroatoms. The number of carbonyl (C=O) groups is 1. The zero-order chi connectivity index (χ0) is 13.6. The average Bonchev–Trinajstić information content (AvgIpc) is 3.17. The molecule has 1 saturated carbocycles. The molecule has 0 bridgehead atoms. The molecule has 0 spiro atoms. The van der Waals surface area contributed by atoms with E-state index in [0.717, 1.165) is 18.5 Å². The third-order valence-electron chi connectivity index (χ3n) is 3.84. The van der Waals surface area contributed by atoms with Crippen molar-refractivity contribution in [3.05, 3.63) is 17.1 Å². The van der Waals surface area contributed by atoms with Crippen LogP contribution in [0.15, 0.2) is 0 Å². The van der Waals surface area contributed by atoms with Crippen LogP contribution in [0, 0.1) is 0 Å². The fraction of sp³-hybridized carbons (Fsp3) is 0.615. The monoisotopic (exact) mass is 263 g/mol. The van der Waals surface area contributed by atoms with Gasteiger partial charge in [-0.05, 0) is 19.3 Å². The van der Waals surface area contributed by atoms with Crippen molar-refractivity contribution in [1.82, 2.24) is 14.9 Å². The topological polar surface area (TPSA) is 86.6 Å². The first-order valence-electron chi connectivity index (χ1n) is 6.63. The van der Waals surface area contributed by atoms with Crippen molar-refractivity contribution in [2.45, 2.75) is 38.0 Å². The van der Waals surface area contributed by atoms with Crippen LogP contribution < -0.4 is 0 Å². The highest BCUT2D eigenvalue weighted by Gasteiger charge is 2.31. The quantitative estimate of drug-likeness (QED) is 0.805. The lowest BCUT2D eigenvalue weighted by Gasteiger charge is -2.19. The van der Waals surface area contributed by atoms with E-state index in [9.17, 15) is 9.90 Å². The Hall–Kier alpha value is -1.85. The molecule has 1 aliphatic carbocycles. The minimum Gasteiger partial charge on any atom is -0.493 e. The van der Waals surface area contributed by atoms with Crippen molar-refractivity contribution in [3.8, 4) is 5.88 Å². The Kier molecular flexibility index (Phi) is 2.80. The van der Waals surface area contributed by atoms with Crippen molar-refractivity contribution in [1.29, 1.82) is 0 Å². The molecule has 1 aliphatic heterocycles. The Balaban J connectivity index is 1.98. The van der Waals surface area contributed by atoms with Gasteiger partial charge in [0.2, 0.25) is 5.88 Å². The summed E-state index contributed by atoms with van der Waals surface area (Å²) >= 11 is 0. The first-order chi connectivity index (χ1) is 9.06. The van der Waals surface area contributed by atoms with Gasteiger partial charge in [-0.1, -0.05) is 6.92 Å². The molecular formula is C13H17N3O3. The molecule has 1 aromatic heterocycles. The maximum atomic E-state index is 11.1. The summed E-state index contributed by atoms with van der Waals surface area (Å²) in [6, 6.07) is 0. The van der Waals surface area contributed by atoms with Crippen molar-refractivity contribution < 1.29 is 15.0 Å². The predicted molar refractivity (Wildman–Crippen MR) is 67.4 cm³/mol. The fourth-order valence-corrected chi connectivity index (χ4v) is 2.61. The van der Waals surface area contributed by atoms with E-state index in [1.54, 1.807) is 0 Å². The Labute approximate surface area is 111 Å². The number of carboxylic acid groups (broad SMARTS) is 1. The number of aromatic hydroxyl groups is 1. The second-order valence-corrected chi connectivity index (χ2v) is 5.42. The summed E-state index contributed by atoms with van der Waals surface area (Å²) in [5.41, 5.74) is 1.53. The number of fused-ring (bicyclic) bond motifs is 1. The fourth-order valence-electron chi connectivity index (χ4n) is 2.61. The van der Waals surface area contributed by atoms with Gasteiger partial charge in [0.1, 0.15) is 5.82 Å². The van der Waals surface area contributed by atoms with Crippen molar-refractivity contribution in [2.75, 3.05) is 13.1 Å². The molecule has 2 N–H and O–H groups in total. The number of rotatable bonds is 1. The van der Waals surface area contributed by atoms with E-state index < -0.39 is 6.09 Å². The normalized spacial score (nSPS) is 22.8. The van der Waals surface area contributed by atoms with Gasteiger partial charge in [0.25, 0.3) is 0 Å². The van der Waals surface area contributed by atoms with Crippen molar-refractivity contribution in [2.24, 2.45) is 0 Å². The summed E-state index contributed by atoms with van der Waals surface area (Å²) in [6.45, 7) is 2.75. The lowest BCUT2D eigenvalue weighted by atomic mass is 10.0. The van der Waals surface area contributed by atoms with E-state index in [-0.39, 0.29) is 11.8 Å². The summed E-state index contributed by atoms with van der Waals surface area (Å²) in [4.78, 5) is 21.2. The minimum atomic E-state index is -0.922. The third-order valence-corrected chi connectivity index (χ3v) is 3.84. The van der Waals surface area contributed by atoms with Crippen LogP contribution in [0.4, 0.5) is 4.79 Å². The maximum absolute atomic E-state index is 11.1. The molecule has 0 radical (unpaired) electrons. The predicted octanol–water partition coefficient (Wildman–Crippen LogP) is 1.70. The van der Waals surface area contributed by atoms with Crippen LogP contribution in [0.1, 0.15) is 48.7 Å². The van der Waals surface area contributed by atoms with E-state index >= 15 is 0 Å². The highest BCUT2D eigenvalue weighted by atomic mass is 16.4. The lowest BCUT2D eigenvalue weighted by Crippen LogP contribution is -2.32. The van der Waals surface area contributed by atoms with Gasteiger partial charge in [0.15, 0.2) is 0 Å². The molecule has 0 saturated heterocycles. The first kappa shape index (κ1) is 12.2. The van der Waals surface area contributed by atoms with Gasteiger partial charge in [-0.2, -0.15) is 4.98 Å². The van der Waals surface area contributed by atoms with Crippen molar-refractivity contribution >= 4 is 6.09 Å². The molecule has 102 valence electrons. The van der Waals surface area contributed by atoms with Crippen LogP contribution in [0.3, 0.4) is 0 Å². The van der Waals surface area contributed by atoms with E-state index in [4.69, 9.17) is 5.11 Å². The van der Waals surface area contributed by atoms with Gasteiger partial charge < -0.3 is 15.1 Å². The summed E-state index contributed by atoms with van der Waals surface area (Å²) in [5.74, 6) is 1.11. The highest BCUT2D eigenvalue weighted by molar-refractivity contribution is 5.65. The number of aromatic nitrogens is 2. The summed E-state index contributed by atoms with van der Waals surface area (Å²) in [5, 5.41) is 19.2. The third kappa shape index (κ3) is 2.22. The molecule has 2 aliphatic rings. The van der Waals surface area contributed by atoms with Crippen LogP contribution in [0.5, 0.6) is 5.88 Å². The first-order valence-corrected chi connectivity index (χ1v) is 6.63. The second-order valence-electron chi connectivity index (χ2n) is 5.42. The second kappa shape index (κ2) is 4.36. The molecule has 1 amide bonds. The summed E-state index contributed by atoms with van der Waals surface area (Å²) in [6.07, 6.45) is 1.71. The maximum Gasteiger partial charge on any atom is 0.407 e. The molecular weight excluding hydrogens is 246 g/mol. The van der Waals surface area contributed by atoms with Gasteiger partial charge >= 0.3 is 6.09 Å². The smallest absolute Gasteiger partial charge is 0.407 e. The molecule has 19 heavy (non-hydrogen) atoms. The van der Waals surface area contributed by atoms with E-state index in [1.165, 1.54) is 4.90 Å². The Morgan fingerprint density at radius 1 is 1.37 bits per heavy atom. The van der Waals surface area contributed by atoms with Gasteiger partial charge in [-0.3, -0.25) is 0 Å². The molecule has 3 rings (SSSR count). The number of amides is 1. The average molecular weight is 263 g/mol. The van der Waals surface area contributed by atoms with E-state index in [1.807, 2.05) is 6.92 Å². The number of nitrogens with zero attached hydrogens (tertiary/aromatic N) is 3. The lowest BCUT2D eigenvalue weighted by molar-refractivity contribution is 0.144. The zero-order valence-electron chi connectivity index (χ0n) is 10.8. The Bertz CT molecular complexity index is 528. The van der Waals surface area contributed by atoms with Crippen LogP contribution in [-0.2, 0) is 6.42 Å². The van der Waals surface area contributed by atoms with E-state index in [0.29, 0.717) is 36.8 Å². The van der Waals surface area contributed by atoms with Gasteiger partial charge in [0.05, 0.1) is 5.69 Å². The Morgan fingerprint density at radius 2 is 2.11 bits per heavy atom.